The molecule has 0 saturated carbocycles. The molecule has 5 N–H and O–H groups in total. The Morgan fingerprint density at radius 1 is 0.462 bits per heavy atom. The number of rotatable bonds is 39. The fourth-order valence-corrected chi connectivity index (χ4v) is 6.43. The average Bonchev–Trinajstić information content (AvgIpc) is 3.15. The van der Waals surface area contributed by atoms with Crippen molar-refractivity contribution in [3.63, 3.8) is 0 Å². The Balaban J connectivity index is 3.83. The molecule has 0 aromatic heterocycles. The quantitative estimate of drug-likeness (QED) is 0.0319. The molecule has 0 spiro atoms. The van der Waals surface area contributed by atoms with E-state index in [1.165, 1.54) is 109 Å². The van der Waals surface area contributed by atoms with Crippen molar-refractivity contribution in [1.29, 1.82) is 0 Å². The standard InChI is InChI=1S/C46H85NO5/c1-3-5-7-9-11-13-15-17-19-21-22-23-24-26-28-30-32-34-36-38-40-44(50)46(52)47-42(41-48)45(51)43(49)39-37-35-33-31-29-27-25-20-18-16-14-12-10-8-6-4-2/h12,14,20,23-25,31,33,42-45,48-51H,3-11,13,15-19,21-22,26-30,32,34-41H2,1-2H3,(H,47,52)/b14-12+,24-23-,25-20+,33-31+. The van der Waals surface area contributed by atoms with Gasteiger partial charge in [-0.3, -0.25) is 4.79 Å². The number of amides is 1. The third-order valence-corrected chi connectivity index (χ3v) is 9.97. The van der Waals surface area contributed by atoms with Crippen LogP contribution in [0.1, 0.15) is 206 Å². The molecule has 0 fully saturated rings. The van der Waals surface area contributed by atoms with E-state index >= 15 is 0 Å². The van der Waals surface area contributed by atoms with Crippen LogP contribution in [0.5, 0.6) is 0 Å². The molecular formula is C46H85NO5. The Kier molecular flexibility index (Phi) is 39.1. The Labute approximate surface area is 321 Å². The number of aliphatic hydroxyl groups is 4. The molecule has 304 valence electrons. The van der Waals surface area contributed by atoms with Crippen LogP contribution < -0.4 is 5.32 Å². The number of nitrogens with one attached hydrogen (secondary N) is 1. The van der Waals surface area contributed by atoms with E-state index in [-0.39, 0.29) is 0 Å². The van der Waals surface area contributed by atoms with Gasteiger partial charge in [-0.05, 0) is 89.9 Å². The molecule has 4 atom stereocenters. The van der Waals surface area contributed by atoms with Gasteiger partial charge in [0.25, 0.3) is 0 Å². The summed E-state index contributed by atoms with van der Waals surface area (Å²) >= 11 is 0. The van der Waals surface area contributed by atoms with Crippen molar-refractivity contribution in [2.75, 3.05) is 6.61 Å². The van der Waals surface area contributed by atoms with E-state index in [1.807, 2.05) is 0 Å². The monoisotopic (exact) mass is 732 g/mol. The fraction of sp³-hybridized carbons (Fsp3) is 0.804. The molecule has 0 aromatic rings. The van der Waals surface area contributed by atoms with E-state index in [1.54, 1.807) is 0 Å². The summed E-state index contributed by atoms with van der Waals surface area (Å²) in [6, 6.07) is -1.01. The van der Waals surface area contributed by atoms with Crippen molar-refractivity contribution in [2.24, 2.45) is 0 Å². The summed E-state index contributed by atoms with van der Waals surface area (Å²) in [7, 11) is 0. The molecular weight excluding hydrogens is 647 g/mol. The first kappa shape index (κ1) is 50.3. The van der Waals surface area contributed by atoms with Crippen LogP contribution in [0.4, 0.5) is 0 Å². The minimum atomic E-state index is -1.30. The molecule has 0 aliphatic carbocycles. The van der Waals surface area contributed by atoms with Gasteiger partial charge < -0.3 is 25.7 Å². The maximum Gasteiger partial charge on any atom is 0.249 e. The van der Waals surface area contributed by atoms with Gasteiger partial charge in [-0.15, -0.1) is 0 Å². The maximum atomic E-state index is 12.5. The fourth-order valence-electron chi connectivity index (χ4n) is 6.43. The molecule has 0 radical (unpaired) electrons. The first-order valence-electron chi connectivity index (χ1n) is 22.0. The van der Waals surface area contributed by atoms with Crippen LogP contribution in [-0.2, 0) is 4.79 Å². The first-order valence-corrected chi connectivity index (χ1v) is 22.0. The Hall–Kier alpha value is -1.73. The number of carbonyl (C=O) groups excluding carboxylic acids is 1. The minimum Gasteiger partial charge on any atom is -0.394 e. The molecule has 0 saturated heterocycles. The Morgan fingerprint density at radius 2 is 0.808 bits per heavy atom. The molecule has 0 aliphatic rings. The third kappa shape index (κ3) is 34.1. The van der Waals surface area contributed by atoms with Crippen molar-refractivity contribution in [3.8, 4) is 0 Å². The predicted molar refractivity (Wildman–Crippen MR) is 223 cm³/mol. The SMILES string of the molecule is CCCCC/C=C/CC/C=C/CC/C=C/CCCC(O)C(O)C(CO)NC(=O)C(O)CCCCCCCC/C=C\CCCCCCCCCCCC. The van der Waals surface area contributed by atoms with Gasteiger partial charge >= 0.3 is 0 Å². The van der Waals surface area contributed by atoms with E-state index in [0.717, 1.165) is 64.2 Å². The zero-order chi connectivity index (χ0) is 38.2. The number of hydrogen-bond donors (Lipinski definition) is 5. The van der Waals surface area contributed by atoms with Gasteiger partial charge in [0, 0.05) is 0 Å². The van der Waals surface area contributed by atoms with Crippen molar-refractivity contribution in [1.82, 2.24) is 5.32 Å². The molecule has 6 heteroatoms. The normalized spacial score (nSPS) is 14.7. The van der Waals surface area contributed by atoms with Gasteiger partial charge in [0.1, 0.15) is 12.2 Å². The Bertz CT molecular complexity index is 869. The van der Waals surface area contributed by atoms with Crippen molar-refractivity contribution in [3.05, 3.63) is 48.6 Å². The summed E-state index contributed by atoms with van der Waals surface area (Å²) in [6.45, 7) is 4.00. The largest absolute Gasteiger partial charge is 0.394 e. The Morgan fingerprint density at radius 3 is 1.25 bits per heavy atom. The van der Waals surface area contributed by atoms with Gasteiger partial charge in [-0.1, -0.05) is 165 Å². The second-order valence-corrected chi connectivity index (χ2v) is 15.0. The highest BCUT2D eigenvalue weighted by molar-refractivity contribution is 5.80. The van der Waals surface area contributed by atoms with Crippen LogP contribution >= 0.6 is 0 Å². The summed E-state index contributed by atoms with van der Waals surface area (Å²) in [5, 5.41) is 43.6. The van der Waals surface area contributed by atoms with Crippen LogP contribution in [0.2, 0.25) is 0 Å². The zero-order valence-corrected chi connectivity index (χ0v) is 34.0. The lowest BCUT2D eigenvalue weighted by Gasteiger charge is -2.27. The topological polar surface area (TPSA) is 110 Å². The highest BCUT2D eigenvalue weighted by Crippen LogP contribution is 2.14. The summed E-state index contributed by atoms with van der Waals surface area (Å²) < 4.78 is 0. The van der Waals surface area contributed by atoms with E-state index in [0.29, 0.717) is 19.3 Å². The molecule has 0 bridgehead atoms. The maximum absolute atomic E-state index is 12.5. The van der Waals surface area contributed by atoms with E-state index < -0.39 is 36.9 Å². The molecule has 4 unspecified atom stereocenters. The van der Waals surface area contributed by atoms with Crippen molar-refractivity contribution in [2.45, 2.75) is 231 Å². The van der Waals surface area contributed by atoms with Crippen LogP contribution in [0.15, 0.2) is 48.6 Å². The first-order chi connectivity index (χ1) is 25.5. The summed E-state index contributed by atoms with van der Waals surface area (Å²) in [6.07, 6.45) is 48.5. The number of allylic oxidation sites excluding steroid dienone is 8. The average molecular weight is 732 g/mol. The highest BCUT2D eigenvalue weighted by Gasteiger charge is 2.28. The molecule has 0 rings (SSSR count). The van der Waals surface area contributed by atoms with Gasteiger partial charge in [-0.2, -0.15) is 0 Å². The van der Waals surface area contributed by atoms with Crippen molar-refractivity contribution >= 4 is 5.91 Å². The molecule has 0 aromatic carbocycles. The predicted octanol–water partition coefficient (Wildman–Crippen LogP) is 11.5. The number of carbonyl (C=O) groups is 1. The second kappa shape index (κ2) is 40.5. The molecule has 6 nitrogen and oxygen atoms in total. The molecule has 52 heavy (non-hydrogen) atoms. The highest BCUT2D eigenvalue weighted by atomic mass is 16.3. The lowest BCUT2D eigenvalue weighted by molar-refractivity contribution is -0.132. The van der Waals surface area contributed by atoms with E-state index in [2.05, 4.69) is 67.8 Å². The lowest BCUT2D eigenvalue weighted by Crippen LogP contribution is -2.53. The van der Waals surface area contributed by atoms with Gasteiger partial charge in [0.05, 0.1) is 18.8 Å². The smallest absolute Gasteiger partial charge is 0.249 e. The summed E-state index contributed by atoms with van der Waals surface area (Å²) in [5.41, 5.74) is 0. The number of hydrogen-bond acceptors (Lipinski definition) is 5. The van der Waals surface area contributed by atoms with E-state index in [9.17, 15) is 25.2 Å². The van der Waals surface area contributed by atoms with Crippen LogP contribution in [-0.4, -0.2) is 57.3 Å². The van der Waals surface area contributed by atoms with Gasteiger partial charge in [0.2, 0.25) is 5.91 Å². The molecule has 0 aliphatic heterocycles. The zero-order valence-electron chi connectivity index (χ0n) is 34.0. The molecule has 0 heterocycles. The third-order valence-electron chi connectivity index (χ3n) is 9.97. The van der Waals surface area contributed by atoms with Crippen LogP contribution in [0, 0.1) is 0 Å². The van der Waals surface area contributed by atoms with Crippen LogP contribution in [0.3, 0.4) is 0 Å². The summed E-state index contributed by atoms with van der Waals surface area (Å²) in [4.78, 5) is 12.5. The molecule has 1 amide bonds. The van der Waals surface area contributed by atoms with E-state index in [4.69, 9.17) is 0 Å². The summed E-state index contributed by atoms with van der Waals surface area (Å²) in [5.74, 6) is -0.606. The van der Waals surface area contributed by atoms with Crippen LogP contribution in [0.25, 0.3) is 0 Å². The number of unbranched alkanes of at least 4 members (excludes halogenated alkanes) is 22. The van der Waals surface area contributed by atoms with Gasteiger partial charge in [0.15, 0.2) is 0 Å². The second-order valence-electron chi connectivity index (χ2n) is 15.0. The van der Waals surface area contributed by atoms with Crippen molar-refractivity contribution < 1.29 is 25.2 Å². The minimum absolute atomic E-state index is 0.350. The number of aliphatic hydroxyl groups excluding tert-OH is 4. The van der Waals surface area contributed by atoms with Gasteiger partial charge in [-0.25, -0.2) is 0 Å². The lowest BCUT2D eigenvalue weighted by atomic mass is 10.00.